The van der Waals surface area contributed by atoms with E-state index in [1.54, 1.807) is 7.11 Å². The predicted octanol–water partition coefficient (Wildman–Crippen LogP) is 2.64. The van der Waals surface area contributed by atoms with Gasteiger partial charge in [-0.3, -0.25) is 0 Å². The molecule has 1 atom stereocenters. The lowest BCUT2D eigenvalue weighted by atomic mass is 9.80. The molecule has 1 aliphatic heterocycles. The molecule has 0 spiro atoms. The van der Waals surface area contributed by atoms with Crippen molar-refractivity contribution in [1.29, 1.82) is 0 Å². The van der Waals surface area contributed by atoms with Gasteiger partial charge in [-0.05, 0) is 37.4 Å². The van der Waals surface area contributed by atoms with Gasteiger partial charge < -0.3 is 14.8 Å². The molecule has 3 heteroatoms. The minimum Gasteiger partial charge on any atom is -0.496 e. The largest absolute Gasteiger partial charge is 0.496 e. The van der Waals surface area contributed by atoms with Crippen LogP contribution >= 0.6 is 0 Å². The molecule has 0 radical (unpaired) electrons. The minimum atomic E-state index is 0.226. The summed E-state index contributed by atoms with van der Waals surface area (Å²) >= 11 is 0. The number of benzene rings is 1. The molecule has 0 aliphatic carbocycles. The Morgan fingerprint density at radius 1 is 1.37 bits per heavy atom. The molecule has 1 heterocycles. The van der Waals surface area contributed by atoms with Gasteiger partial charge in [-0.2, -0.15) is 0 Å². The van der Waals surface area contributed by atoms with Gasteiger partial charge in [0.15, 0.2) is 0 Å². The molecule has 1 aromatic carbocycles. The van der Waals surface area contributed by atoms with Crippen LogP contribution in [-0.4, -0.2) is 33.4 Å². The maximum atomic E-state index is 5.66. The molecular formula is C16H25NO2. The van der Waals surface area contributed by atoms with Crippen LogP contribution in [0.5, 0.6) is 5.75 Å². The van der Waals surface area contributed by atoms with Gasteiger partial charge in [0.05, 0.1) is 13.7 Å². The monoisotopic (exact) mass is 263 g/mol. The van der Waals surface area contributed by atoms with Crippen LogP contribution in [-0.2, 0) is 11.2 Å². The van der Waals surface area contributed by atoms with Crippen LogP contribution < -0.4 is 10.1 Å². The first-order chi connectivity index (χ1) is 9.29. The quantitative estimate of drug-likeness (QED) is 0.767. The Kier molecular flexibility index (Phi) is 5.23. The zero-order chi connectivity index (χ0) is 13.6. The van der Waals surface area contributed by atoms with E-state index in [1.165, 1.54) is 12.0 Å². The Labute approximate surface area is 116 Å². The molecule has 0 bridgehead atoms. The van der Waals surface area contributed by atoms with E-state index >= 15 is 0 Å². The maximum absolute atomic E-state index is 5.66. The van der Waals surface area contributed by atoms with Crippen LogP contribution in [0.2, 0.25) is 0 Å². The first kappa shape index (κ1) is 14.4. The Hall–Kier alpha value is -1.06. The van der Waals surface area contributed by atoms with Crippen LogP contribution in [0.4, 0.5) is 0 Å². The zero-order valence-corrected chi connectivity index (χ0v) is 12.1. The summed E-state index contributed by atoms with van der Waals surface area (Å²) in [4.78, 5) is 0. The third-order valence-electron chi connectivity index (χ3n) is 3.87. The van der Waals surface area contributed by atoms with Crippen LogP contribution in [0.3, 0.4) is 0 Å². The van der Waals surface area contributed by atoms with E-state index in [0.29, 0.717) is 0 Å². The lowest BCUT2D eigenvalue weighted by molar-refractivity contribution is 0.149. The van der Waals surface area contributed by atoms with E-state index in [-0.39, 0.29) is 5.41 Å². The molecule has 1 aliphatic rings. The number of rotatable bonds is 7. The van der Waals surface area contributed by atoms with Gasteiger partial charge in [0, 0.05) is 18.6 Å². The average molecular weight is 263 g/mol. The van der Waals surface area contributed by atoms with E-state index in [1.807, 2.05) is 12.1 Å². The first-order valence-electron chi connectivity index (χ1n) is 7.20. The summed E-state index contributed by atoms with van der Waals surface area (Å²) in [5.74, 6) is 0.990. The predicted molar refractivity (Wildman–Crippen MR) is 77.7 cm³/mol. The molecule has 1 N–H and O–H groups in total. The number of hydrogen-bond acceptors (Lipinski definition) is 3. The van der Waals surface area contributed by atoms with Crippen molar-refractivity contribution in [3.63, 3.8) is 0 Å². The van der Waals surface area contributed by atoms with Crippen molar-refractivity contribution < 1.29 is 9.47 Å². The van der Waals surface area contributed by atoms with Gasteiger partial charge >= 0.3 is 0 Å². The summed E-state index contributed by atoms with van der Waals surface area (Å²) in [5, 5.41) is 3.55. The Morgan fingerprint density at radius 2 is 2.21 bits per heavy atom. The van der Waals surface area contributed by atoms with Crippen molar-refractivity contribution in [3.8, 4) is 5.75 Å². The Balaban J connectivity index is 2.07. The third kappa shape index (κ3) is 3.71. The molecule has 106 valence electrons. The number of methoxy groups -OCH3 is 1. The number of ether oxygens (including phenoxy) is 2. The fourth-order valence-corrected chi connectivity index (χ4v) is 2.77. The number of nitrogens with one attached hydrogen (secondary N) is 1. The van der Waals surface area contributed by atoms with Crippen LogP contribution in [0, 0.1) is 5.41 Å². The molecule has 0 aromatic heterocycles. The molecule has 1 saturated heterocycles. The highest BCUT2D eigenvalue weighted by molar-refractivity contribution is 5.34. The highest BCUT2D eigenvalue weighted by Gasteiger charge is 2.35. The second-order valence-electron chi connectivity index (χ2n) is 5.47. The third-order valence-corrected chi connectivity index (χ3v) is 3.87. The maximum Gasteiger partial charge on any atom is 0.122 e. The van der Waals surface area contributed by atoms with Crippen molar-refractivity contribution in [2.45, 2.75) is 26.2 Å². The summed E-state index contributed by atoms with van der Waals surface area (Å²) in [5.41, 5.74) is 1.51. The minimum absolute atomic E-state index is 0.226. The van der Waals surface area contributed by atoms with Gasteiger partial charge in [0.1, 0.15) is 5.75 Å². The normalized spacial score (nSPS) is 22.6. The lowest BCUT2D eigenvalue weighted by Gasteiger charge is -2.28. The first-order valence-corrected chi connectivity index (χ1v) is 7.20. The number of para-hydroxylation sites is 1. The fraction of sp³-hybridized carbons (Fsp3) is 0.625. The summed E-state index contributed by atoms with van der Waals surface area (Å²) in [7, 11) is 1.74. The van der Waals surface area contributed by atoms with Crippen molar-refractivity contribution >= 4 is 0 Å². The second kappa shape index (κ2) is 6.92. The van der Waals surface area contributed by atoms with Gasteiger partial charge in [0.25, 0.3) is 0 Å². The van der Waals surface area contributed by atoms with E-state index in [0.717, 1.165) is 44.9 Å². The SMILES string of the molecule is CCCNCC1(Cc2ccccc2OC)CCOC1. The van der Waals surface area contributed by atoms with Crippen LogP contribution in [0.1, 0.15) is 25.3 Å². The summed E-state index contributed by atoms with van der Waals surface area (Å²) in [6.45, 7) is 6.03. The van der Waals surface area contributed by atoms with E-state index in [2.05, 4.69) is 24.4 Å². The van der Waals surface area contributed by atoms with Gasteiger partial charge in [-0.15, -0.1) is 0 Å². The van der Waals surface area contributed by atoms with Crippen molar-refractivity contribution in [3.05, 3.63) is 29.8 Å². The lowest BCUT2D eigenvalue weighted by Crippen LogP contribution is -2.37. The Bertz CT molecular complexity index is 386. The molecule has 0 amide bonds. The van der Waals surface area contributed by atoms with Gasteiger partial charge in [-0.25, -0.2) is 0 Å². The van der Waals surface area contributed by atoms with Crippen molar-refractivity contribution in [2.24, 2.45) is 5.41 Å². The molecule has 1 aromatic rings. The van der Waals surface area contributed by atoms with Gasteiger partial charge in [0.2, 0.25) is 0 Å². The van der Waals surface area contributed by atoms with Crippen LogP contribution in [0.15, 0.2) is 24.3 Å². The number of hydrogen-bond donors (Lipinski definition) is 1. The summed E-state index contributed by atoms with van der Waals surface area (Å²) in [6.07, 6.45) is 3.32. The molecule has 3 nitrogen and oxygen atoms in total. The van der Waals surface area contributed by atoms with Crippen molar-refractivity contribution in [1.82, 2.24) is 5.32 Å². The zero-order valence-electron chi connectivity index (χ0n) is 12.1. The molecular weight excluding hydrogens is 238 g/mol. The molecule has 19 heavy (non-hydrogen) atoms. The molecule has 1 unspecified atom stereocenters. The second-order valence-corrected chi connectivity index (χ2v) is 5.47. The van der Waals surface area contributed by atoms with E-state index in [9.17, 15) is 0 Å². The van der Waals surface area contributed by atoms with Crippen molar-refractivity contribution in [2.75, 3.05) is 33.4 Å². The van der Waals surface area contributed by atoms with Crippen LogP contribution in [0.25, 0.3) is 0 Å². The topological polar surface area (TPSA) is 30.5 Å². The highest BCUT2D eigenvalue weighted by atomic mass is 16.5. The summed E-state index contributed by atoms with van der Waals surface area (Å²) < 4.78 is 11.1. The summed E-state index contributed by atoms with van der Waals surface area (Å²) in [6, 6.07) is 8.31. The smallest absolute Gasteiger partial charge is 0.122 e. The van der Waals surface area contributed by atoms with Gasteiger partial charge in [-0.1, -0.05) is 25.1 Å². The molecule has 0 saturated carbocycles. The fourth-order valence-electron chi connectivity index (χ4n) is 2.77. The standard InChI is InChI=1S/C16H25NO2/c1-3-9-17-12-16(8-10-19-13-16)11-14-6-4-5-7-15(14)18-2/h4-7,17H,3,8-13H2,1-2H3. The van der Waals surface area contributed by atoms with E-state index in [4.69, 9.17) is 9.47 Å². The highest BCUT2D eigenvalue weighted by Crippen LogP contribution is 2.34. The molecule has 2 rings (SSSR count). The average Bonchev–Trinajstić information content (AvgIpc) is 2.88. The Morgan fingerprint density at radius 3 is 2.89 bits per heavy atom. The van der Waals surface area contributed by atoms with E-state index < -0.39 is 0 Å². The molecule has 1 fully saturated rings.